The zero-order valence-corrected chi connectivity index (χ0v) is 11.6. The van der Waals surface area contributed by atoms with Crippen LogP contribution in [-0.2, 0) is 0 Å². The van der Waals surface area contributed by atoms with Crippen LogP contribution in [0.3, 0.4) is 0 Å². The standard InChI is InChI=1S/C14H14ClNOS/c1-8(9-6-7-9)16-14(17)13-12(15)10-4-2-3-5-11(10)18-13/h2-5,8-9H,6-7H2,1H3,(H,16,17). The van der Waals surface area contributed by atoms with E-state index in [1.165, 1.54) is 24.2 Å². The third-order valence-electron chi connectivity index (χ3n) is 3.43. The number of amides is 1. The zero-order valence-electron chi connectivity index (χ0n) is 10.1. The summed E-state index contributed by atoms with van der Waals surface area (Å²) >= 11 is 7.74. The van der Waals surface area contributed by atoms with Crippen molar-refractivity contribution in [3.8, 4) is 0 Å². The molecular weight excluding hydrogens is 266 g/mol. The highest BCUT2D eigenvalue weighted by atomic mass is 35.5. The molecule has 94 valence electrons. The van der Waals surface area contributed by atoms with Gasteiger partial charge in [-0.2, -0.15) is 0 Å². The summed E-state index contributed by atoms with van der Waals surface area (Å²) in [6.45, 7) is 2.07. The van der Waals surface area contributed by atoms with Gasteiger partial charge in [0.15, 0.2) is 0 Å². The fourth-order valence-electron chi connectivity index (χ4n) is 2.15. The van der Waals surface area contributed by atoms with Crippen LogP contribution in [0.15, 0.2) is 24.3 Å². The van der Waals surface area contributed by atoms with Gasteiger partial charge in [-0.3, -0.25) is 4.79 Å². The van der Waals surface area contributed by atoms with E-state index >= 15 is 0 Å². The minimum absolute atomic E-state index is 0.0411. The van der Waals surface area contributed by atoms with E-state index in [9.17, 15) is 4.79 Å². The lowest BCUT2D eigenvalue weighted by molar-refractivity contribution is 0.0940. The number of hydrogen-bond acceptors (Lipinski definition) is 2. The molecule has 1 amide bonds. The van der Waals surface area contributed by atoms with Gasteiger partial charge in [0.25, 0.3) is 5.91 Å². The fourth-order valence-corrected chi connectivity index (χ4v) is 3.57. The fraction of sp³-hybridized carbons (Fsp3) is 0.357. The van der Waals surface area contributed by atoms with Crippen molar-refractivity contribution in [2.24, 2.45) is 5.92 Å². The molecule has 1 saturated carbocycles. The first kappa shape index (κ1) is 12.0. The Kier molecular flexibility index (Phi) is 3.04. The molecule has 2 nitrogen and oxygen atoms in total. The van der Waals surface area contributed by atoms with E-state index in [2.05, 4.69) is 12.2 Å². The highest BCUT2D eigenvalue weighted by Gasteiger charge is 2.30. The maximum Gasteiger partial charge on any atom is 0.263 e. The van der Waals surface area contributed by atoms with E-state index in [-0.39, 0.29) is 11.9 Å². The predicted octanol–water partition coefficient (Wildman–Crippen LogP) is 4.08. The third-order valence-corrected chi connectivity index (χ3v) is 5.10. The van der Waals surface area contributed by atoms with Crippen molar-refractivity contribution in [3.63, 3.8) is 0 Å². The Morgan fingerprint density at radius 1 is 1.44 bits per heavy atom. The predicted molar refractivity (Wildman–Crippen MR) is 76.5 cm³/mol. The summed E-state index contributed by atoms with van der Waals surface area (Å²) in [6, 6.07) is 8.10. The summed E-state index contributed by atoms with van der Waals surface area (Å²) in [5, 5.41) is 4.59. The lowest BCUT2D eigenvalue weighted by Crippen LogP contribution is -2.33. The summed E-state index contributed by atoms with van der Waals surface area (Å²) in [5.41, 5.74) is 0. The molecule has 1 unspecified atom stereocenters. The lowest BCUT2D eigenvalue weighted by atomic mass is 10.2. The van der Waals surface area contributed by atoms with Gasteiger partial charge < -0.3 is 5.32 Å². The van der Waals surface area contributed by atoms with Gasteiger partial charge in [0.05, 0.1) is 5.02 Å². The number of benzene rings is 1. The van der Waals surface area contributed by atoms with Crippen molar-refractivity contribution < 1.29 is 4.79 Å². The molecule has 2 aromatic rings. The molecule has 3 rings (SSSR count). The van der Waals surface area contributed by atoms with Crippen LogP contribution in [0, 0.1) is 5.92 Å². The van der Waals surface area contributed by atoms with E-state index in [4.69, 9.17) is 11.6 Å². The second-order valence-corrected chi connectivity index (χ2v) is 6.27. The second-order valence-electron chi connectivity index (χ2n) is 4.84. The molecule has 1 aliphatic carbocycles. The Balaban J connectivity index is 1.88. The minimum atomic E-state index is -0.0411. The molecule has 0 spiro atoms. The maximum atomic E-state index is 12.2. The highest BCUT2D eigenvalue weighted by molar-refractivity contribution is 7.21. The van der Waals surface area contributed by atoms with Crippen LogP contribution < -0.4 is 5.32 Å². The Morgan fingerprint density at radius 2 is 2.17 bits per heavy atom. The molecule has 1 aromatic heterocycles. The van der Waals surface area contributed by atoms with Crippen molar-refractivity contribution in [2.45, 2.75) is 25.8 Å². The number of fused-ring (bicyclic) bond motifs is 1. The van der Waals surface area contributed by atoms with Crippen molar-refractivity contribution in [2.75, 3.05) is 0 Å². The van der Waals surface area contributed by atoms with Crippen LogP contribution in [0.2, 0.25) is 5.02 Å². The third kappa shape index (κ3) is 2.13. The molecule has 1 aliphatic rings. The van der Waals surface area contributed by atoms with Crippen LogP contribution >= 0.6 is 22.9 Å². The topological polar surface area (TPSA) is 29.1 Å². The summed E-state index contributed by atoms with van der Waals surface area (Å²) in [6.07, 6.45) is 2.45. The SMILES string of the molecule is CC(NC(=O)c1sc2ccccc2c1Cl)C1CC1. The normalized spacial score (nSPS) is 16.8. The lowest BCUT2D eigenvalue weighted by Gasteiger charge is -2.11. The Morgan fingerprint density at radius 3 is 2.83 bits per heavy atom. The molecule has 0 radical (unpaired) electrons. The number of carbonyl (C=O) groups excluding carboxylic acids is 1. The van der Waals surface area contributed by atoms with E-state index in [0.29, 0.717) is 15.8 Å². The van der Waals surface area contributed by atoms with Crippen LogP contribution in [0.5, 0.6) is 0 Å². The van der Waals surface area contributed by atoms with Crippen LogP contribution in [0.25, 0.3) is 10.1 Å². The summed E-state index contributed by atoms with van der Waals surface area (Å²) in [7, 11) is 0. The average molecular weight is 280 g/mol. The van der Waals surface area contributed by atoms with E-state index < -0.39 is 0 Å². The maximum absolute atomic E-state index is 12.2. The Bertz CT molecular complexity index is 603. The van der Waals surface area contributed by atoms with E-state index in [1.54, 1.807) is 0 Å². The minimum Gasteiger partial charge on any atom is -0.349 e. The molecule has 0 bridgehead atoms. The number of carbonyl (C=O) groups is 1. The molecule has 1 aromatic carbocycles. The van der Waals surface area contributed by atoms with Gasteiger partial charge in [-0.1, -0.05) is 29.8 Å². The Labute approximate surface area is 115 Å². The van der Waals surface area contributed by atoms with Crippen LogP contribution in [0.4, 0.5) is 0 Å². The van der Waals surface area contributed by atoms with Gasteiger partial charge in [-0.05, 0) is 31.7 Å². The molecule has 1 heterocycles. The second kappa shape index (κ2) is 4.56. The van der Waals surface area contributed by atoms with Crippen molar-refractivity contribution >= 4 is 38.9 Å². The first-order valence-electron chi connectivity index (χ1n) is 6.14. The molecule has 1 fully saturated rings. The van der Waals surface area contributed by atoms with Gasteiger partial charge in [-0.25, -0.2) is 0 Å². The van der Waals surface area contributed by atoms with Gasteiger partial charge in [0, 0.05) is 16.1 Å². The number of rotatable bonds is 3. The molecule has 0 saturated heterocycles. The molecule has 18 heavy (non-hydrogen) atoms. The molecule has 4 heteroatoms. The average Bonchev–Trinajstić information content (AvgIpc) is 3.15. The van der Waals surface area contributed by atoms with Gasteiger partial charge >= 0.3 is 0 Å². The van der Waals surface area contributed by atoms with Crippen molar-refractivity contribution in [1.29, 1.82) is 0 Å². The summed E-state index contributed by atoms with van der Waals surface area (Å²) in [4.78, 5) is 12.8. The van der Waals surface area contributed by atoms with Crippen molar-refractivity contribution in [1.82, 2.24) is 5.32 Å². The summed E-state index contributed by atoms with van der Waals surface area (Å²) < 4.78 is 1.06. The quantitative estimate of drug-likeness (QED) is 0.901. The molecule has 1 atom stereocenters. The van der Waals surface area contributed by atoms with Crippen LogP contribution in [0.1, 0.15) is 29.4 Å². The number of halogens is 1. The number of thiophene rings is 1. The monoisotopic (exact) mass is 279 g/mol. The van der Waals surface area contributed by atoms with Crippen molar-refractivity contribution in [3.05, 3.63) is 34.2 Å². The van der Waals surface area contributed by atoms with Gasteiger partial charge in [0.1, 0.15) is 4.88 Å². The number of nitrogens with one attached hydrogen (secondary N) is 1. The largest absolute Gasteiger partial charge is 0.349 e. The zero-order chi connectivity index (χ0) is 12.7. The highest BCUT2D eigenvalue weighted by Crippen LogP contribution is 2.36. The first-order chi connectivity index (χ1) is 8.66. The van der Waals surface area contributed by atoms with Crippen LogP contribution in [-0.4, -0.2) is 11.9 Å². The Hall–Kier alpha value is -1.06. The molecule has 1 N–H and O–H groups in total. The first-order valence-corrected chi connectivity index (χ1v) is 7.34. The van der Waals surface area contributed by atoms with E-state index in [0.717, 1.165) is 10.1 Å². The number of hydrogen-bond donors (Lipinski definition) is 1. The smallest absolute Gasteiger partial charge is 0.263 e. The van der Waals surface area contributed by atoms with E-state index in [1.807, 2.05) is 24.3 Å². The van der Waals surface area contributed by atoms with Gasteiger partial charge in [-0.15, -0.1) is 11.3 Å². The summed E-state index contributed by atoms with van der Waals surface area (Å²) in [5.74, 6) is 0.614. The van der Waals surface area contributed by atoms with Gasteiger partial charge in [0.2, 0.25) is 0 Å². The molecule has 0 aliphatic heterocycles. The molecular formula is C14H14ClNOS.